The molecule has 0 spiro atoms. The third kappa shape index (κ3) is 3.52. The molecule has 4 nitrogen and oxygen atoms in total. The molecule has 1 aromatic rings. The molecule has 0 saturated heterocycles. The van der Waals surface area contributed by atoms with Gasteiger partial charge in [0.25, 0.3) is 5.91 Å². The highest BCUT2D eigenvalue weighted by Gasteiger charge is 2.26. The van der Waals surface area contributed by atoms with Crippen LogP contribution in [0.3, 0.4) is 0 Å². The van der Waals surface area contributed by atoms with E-state index < -0.39 is 5.91 Å². The van der Waals surface area contributed by atoms with Crippen LogP contribution in [0, 0.1) is 0 Å². The van der Waals surface area contributed by atoms with Crippen LogP contribution in [0.25, 0.3) is 0 Å². The van der Waals surface area contributed by atoms with Crippen LogP contribution in [0.4, 0.5) is 0 Å². The van der Waals surface area contributed by atoms with Gasteiger partial charge in [0, 0.05) is 0 Å². The van der Waals surface area contributed by atoms with E-state index in [9.17, 15) is 9.90 Å². The second-order valence-corrected chi connectivity index (χ2v) is 7.15. The summed E-state index contributed by atoms with van der Waals surface area (Å²) in [7, 11) is 0. The van der Waals surface area contributed by atoms with Crippen molar-refractivity contribution in [3.05, 3.63) is 28.8 Å². The summed E-state index contributed by atoms with van der Waals surface area (Å²) < 4.78 is 0. The summed E-state index contributed by atoms with van der Waals surface area (Å²) in [5, 5.41) is 10.6. The van der Waals surface area contributed by atoms with E-state index in [0.29, 0.717) is 17.4 Å². The smallest absolute Gasteiger partial charge is 0.268 e. The molecule has 2 aliphatic rings. The second-order valence-electron chi connectivity index (χ2n) is 7.15. The lowest BCUT2D eigenvalue weighted by atomic mass is 9.78. The van der Waals surface area contributed by atoms with Crippen molar-refractivity contribution in [2.24, 2.45) is 5.84 Å². The molecule has 2 fully saturated rings. The number of benzene rings is 1. The molecule has 0 radical (unpaired) electrons. The fraction of sp³-hybridized carbons (Fsp3) is 0.632. The Morgan fingerprint density at radius 3 is 2.09 bits per heavy atom. The maximum absolute atomic E-state index is 12.1. The molecule has 1 aromatic carbocycles. The molecule has 2 aliphatic carbocycles. The normalized spacial score (nSPS) is 20.4. The maximum Gasteiger partial charge on any atom is 0.268 e. The zero-order valence-electron chi connectivity index (χ0n) is 13.8. The number of amides is 1. The number of carbonyl (C=O) groups excluding carboxylic acids is 1. The molecule has 0 aliphatic heterocycles. The molecule has 23 heavy (non-hydrogen) atoms. The van der Waals surface area contributed by atoms with E-state index in [1.807, 2.05) is 6.07 Å². The minimum absolute atomic E-state index is 0.138. The lowest BCUT2D eigenvalue weighted by Gasteiger charge is -2.27. The molecular formula is C19H28N2O2. The number of hydrogen-bond acceptors (Lipinski definition) is 3. The van der Waals surface area contributed by atoms with E-state index in [0.717, 1.165) is 18.4 Å². The van der Waals surface area contributed by atoms with Gasteiger partial charge in [-0.15, -0.1) is 0 Å². The Morgan fingerprint density at radius 2 is 1.52 bits per heavy atom. The summed E-state index contributed by atoms with van der Waals surface area (Å²) in [6.07, 6.45) is 12.1. The lowest BCUT2D eigenvalue weighted by molar-refractivity contribution is 0.0950. The maximum atomic E-state index is 12.1. The van der Waals surface area contributed by atoms with Crippen molar-refractivity contribution in [1.82, 2.24) is 5.43 Å². The van der Waals surface area contributed by atoms with Gasteiger partial charge in [-0.25, -0.2) is 5.84 Å². The van der Waals surface area contributed by atoms with Crippen LogP contribution in [-0.4, -0.2) is 11.0 Å². The Hall–Kier alpha value is -1.55. The van der Waals surface area contributed by atoms with Crippen LogP contribution in [0.2, 0.25) is 0 Å². The quantitative estimate of drug-likeness (QED) is 0.446. The Morgan fingerprint density at radius 1 is 0.957 bits per heavy atom. The van der Waals surface area contributed by atoms with Crippen molar-refractivity contribution in [3.8, 4) is 5.75 Å². The minimum Gasteiger partial charge on any atom is -0.507 e. The lowest BCUT2D eigenvalue weighted by Crippen LogP contribution is -2.30. The van der Waals surface area contributed by atoms with Gasteiger partial charge in [-0.2, -0.15) is 0 Å². The average Bonchev–Trinajstić information content (AvgIpc) is 2.62. The van der Waals surface area contributed by atoms with E-state index in [4.69, 9.17) is 5.84 Å². The van der Waals surface area contributed by atoms with E-state index >= 15 is 0 Å². The fourth-order valence-corrected chi connectivity index (χ4v) is 4.33. The number of aromatic hydroxyl groups is 1. The first-order valence-corrected chi connectivity index (χ1v) is 9.08. The van der Waals surface area contributed by atoms with Crippen LogP contribution in [0.1, 0.15) is 97.5 Å². The first kappa shape index (κ1) is 16.3. The molecule has 4 N–H and O–H groups in total. The monoisotopic (exact) mass is 316 g/mol. The first-order chi connectivity index (χ1) is 11.2. The van der Waals surface area contributed by atoms with Gasteiger partial charge in [-0.05, 0) is 54.7 Å². The van der Waals surface area contributed by atoms with Gasteiger partial charge in [0.2, 0.25) is 0 Å². The van der Waals surface area contributed by atoms with Gasteiger partial charge in [-0.3, -0.25) is 10.2 Å². The first-order valence-electron chi connectivity index (χ1n) is 9.08. The highest BCUT2D eigenvalue weighted by atomic mass is 16.3. The third-order valence-electron chi connectivity index (χ3n) is 5.66. The molecule has 1 amide bonds. The number of nitrogens with one attached hydrogen (secondary N) is 1. The van der Waals surface area contributed by atoms with Crippen LogP contribution in [-0.2, 0) is 0 Å². The molecule has 2 saturated carbocycles. The number of hydrogen-bond donors (Lipinski definition) is 3. The van der Waals surface area contributed by atoms with Gasteiger partial charge >= 0.3 is 0 Å². The summed E-state index contributed by atoms with van der Waals surface area (Å²) in [6.45, 7) is 0. The molecule has 4 heteroatoms. The number of hydrazine groups is 1. The SMILES string of the molecule is NNC(=O)c1cc(C2CCCCC2)cc(C2CCCCC2)c1O. The standard InChI is InChI=1S/C19H28N2O2/c20-21-19(23)17-12-15(13-7-3-1-4-8-13)11-16(18(17)22)14-9-5-2-6-10-14/h11-14,22H,1-10,20H2,(H,21,23). The Bertz CT molecular complexity index is 559. The zero-order valence-corrected chi connectivity index (χ0v) is 13.8. The molecule has 0 atom stereocenters. The van der Waals surface area contributed by atoms with E-state index in [1.165, 1.54) is 56.9 Å². The van der Waals surface area contributed by atoms with Crippen molar-refractivity contribution in [3.63, 3.8) is 0 Å². The van der Waals surface area contributed by atoms with Crippen molar-refractivity contribution >= 4 is 5.91 Å². The largest absolute Gasteiger partial charge is 0.507 e. The van der Waals surface area contributed by atoms with E-state index in [-0.39, 0.29) is 5.75 Å². The molecule has 3 rings (SSSR count). The average molecular weight is 316 g/mol. The van der Waals surface area contributed by atoms with E-state index in [1.54, 1.807) is 0 Å². The van der Waals surface area contributed by atoms with Gasteiger partial charge in [0.15, 0.2) is 0 Å². The summed E-state index contributed by atoms with van der Waals surface area (Å²) in [4.78, 5) is 12.1. The van der Waals surface area contributed by atoms with Crippen LogP contribution in [0.15, 0.2) is 12.1 Å². The minimum atomic E-state index is -0.391. The topological polar surface area (TPSA) is 75.3 Å². The van der Waals surface area contributed by atoms with Gasteiger partial charge in [0.05, 0.1) is 5.56 Å². The van der Waals surface area contributed by atoms with Crippen LogP contribution in [0.5, 0.6) is 5.75 Å². The molecule has 0 unspecified atom stereocenters. The van der Waals surface area contributed by atoms with Crippen LogP contribution < -0.4 is 11.3 Å². The van der Waals surface area contributed by atoms with Crippen LogP contribution >= 0.6 is 0 Å². The van der Waals surface area contributed by atoms with Crippen molar-refractivity contribution in [1.29, 1.82) is 0 Å². The summed E-state index contributed by atoms with van der Waals surface area (Å²) in [6, 6.07) is 4.04. The summed E-state index contributed by atoms with van der Waals surface area (Å²) in [5.41, 5.74) is 4.70. The Labute approximate surface area is 138 Å². The number of phenolic OH excluding ortho intramolecular Hbond substituents is 1. The van der Waals surface area contributed by atoms with Gasteiger partial charge < -0.3 is 5.11 Å². The fourth-order valence-electron chi connectivity index (χ4n) is 4.33. The Kier molecular flexibility index (Phi) is 5.21. The predicted molar refractivity (Wildman–Crippen MR) is 91.4 cm³/mol. The van der Waals surface area contributed by atoms with E-state index in [2.05, 4.69) is 11.5 Å². The number of carbonyl (C=O) groups is 1. The highest BCUT2D eigenvalue weighted by molar-refractivity contribution is 5.97. The number of nitrogens with two attached hydrogens (primary N) is 1. The zero-order chi connectivity index (χ0) is 16.2. The molecule has 0 bridgehead atoms. The predicted octanol–water partition coefficient (Wildman–Crippen LogP) is 4.09. The van der Waals surface area contributed by atoms with Gasteiger partial charge in [-0.1, -0.05) is 44.6 Å². The van der Waals surface area contributed by atoms with Crippen molar-refractivity contribution in [2.75, 3.05) is 0 Å². The molecule has 126 valence electrons. The second kappa shape index (κ2) is 7.35. The molecule has 0 aromatic heterocycles. The molecular weight excluding hydrogens is 288 g/mol. The third-order valence-corrected chi connectivity index (χ3v) is 5.66. The van der Waals surface area contributed by atoms with Crippen molar-refractivity contribution in [2.45, 2.75) is 76.0 Å². The molecule has 0 heterocycles. The number of nitrogen functional groups attached to an aromatic ring is 1. The highest BCUT2D eigenvalue weighted by Crippen LogP contribution is 2.42. The number of rotatable bonds is 3. The summed E-state index contributed by atoms with van der Waals surface area (Å²) >= 11 is 0. The van der Waals surface area contributed by atoms with Gasteiger partial charge in [0.1, 0.15) is 5.75 Å². The van der Waals surface area contributed by atoms with Crippen molar-refractivity contribution < 1.29 is 9.90 Å². The Balaban J connectivity index is 2.00. The number of phenols is 1. The summed E-state index contributed by atoms with van der Waals surface area (Å²) in [5.74, 6) is 5.95.